The van der Waals surface area contributed by atoms with Gasteiger partial charge in [-0.05, 0) is 24.3 Å². The van der Waals surface area contributed by atoms with Crippen LogP contribution in [0.4, 0.5) is 10.1 Å². The number of hydrogen-bond donors (Lipinski definition) is 2. The summed E-state index contributed by atoms with van der Waals surface area (Å²) >= 11 is 0. The number of aryl methyl sites for hydroxylation is 1. The molecule has 0 saturated heterocycles. The van der Waals surface area contributed by atoms with Gasteiger partial charge in [0.25, 0.3) is 0 Å². The van der Waals surface area contributed by atoms with Gasteiger partial charge in [-0.1, -0.05) is 24.3 Å². The largest absolute Gasteiger partial charge is 0.389 e. The van der Waals surface area contributed by atoms with Crippen molar-refractivity contribution in [1.29, 1.82) is 0 Å². The van der Waals surface area contributed by atoms with E-state index >= 15 is 0 Å². The second kappa shape index (κ2) is 7.47. The molecule has 1 aromatic heterocycles. The van der Waals surface area contributed by atoms with Crippen molar-refractivity contribution in [1.82, 2.24) is 4.57 Å². The number of fused-ring (bicyclic) bond motifs is 1. The number of aliphatic hydroxyl groups is 1. The number of aromatic nitrogens is 1. The molecule has 3 rings (SSSR count). The number of rotatable bonds is 7. The molecule has 1 unspecified atom stereocenters. The van der Waals surface area contributed by atoms with Crippen LogP contribution in [0.25, 0.3) is 10.9 Å². The normalized spacial score (nSPS) is 12.5. The number of aliphatic hydroxyl groups excluding tert-OH is 1. The van der Waals surface area contributed by atoms with E-state index in [-0.39, 0.29) is 19.0 Å². The lowest BCUT2D eigenvalue weighted by Gasteiger charge is -2.14. The highest BCUT2D eigenvalue weighted by Crippen LogP contribution is 2.23. The molecule has 0 bridgehead atoms. The Morgan fingerprint density at radius 2 is 2.00 bits per heavy atom. The fourth-order valence-electron chi connectivity index (χ4n) is 2.66. The summed E-state index contributed by atoms with van der Waals surface area (Å²) in [4.78, 5) is 0. The summed E-state index contributed by atoms with van der Waals surface area (Å²) in [7, 11) is 2.00. The van der Waals surface area contributed by atoms with Crippen LogP contribution in [0.3, 0.4) is 0 Å². The molecule has 0 saturated carbocycles. The number of benzene rings is 2. The molecule has 126 valence electrons. The van der Waals surface area contributed by atoms with Gasteiger partial charge in [0.2, 0.25) is 0 Å². The summed E-state index contributed by atoms with van der Waals surface area (Å²) in [6.45, 7) is 0.662. The number of nitrogens with one attached hydrogen (secondary N) is 1. The molecule has 1 atom stereocenters. The van der Waals surface area contributed by atoms with Crippen molar-refractivity contribution in [2.45, 2.75) is 12.7 Å². The minimum Gasteiger partial charge on any atom is -0.389 e. The molecule has 0 aliphatic heterocycles. The molecule has 4 nitrogen and oxygen atoms in total. The smallest absolute Gasteiger partial charge is 0.128 e. The number of ether oxygens (including phenoxy) is 1. The highest BCUT2D eigenvalue weighted by Gasteiger charge is 2.08. The van der Waals surface area contributed by atoms with Crippen molar-refractivity contribution in [3.63, 3.8) is 0 Å². The summed E-state index contributed by atoms with van der Waals surface area (Å²) in [5, 5.41) is 14.4. The minimum atomic E-state index is -0.671. The van der Waals surface area contributed by atoms with Gasteiger partial charge in [0, 0.05) is 41.9 Å². The molecule has 3 aromatic rings. The Hall–Kier alpha value is -2.37. The second-order valence-corrected chi connectivity index (χ2v) is 5.81. The molecule has 0 aliphatic rings. The summed E-state index contributed by atoms with van der Waals surface area (Å²) in [5.41, 5.74) is 2.60. The Balaban J connectivity index is 1.50. The maximum atomic E-state index is 13.5. The first-order chi connectivity index (χ1) is 11.6. The number of anilines is 1. The highest BCUT2D eigenvalue weighted by atomic mass is 19.1. The predicted octanol–water partition coefficient (Wildman–Crippen LogP) is 3.31. The monoisotopic (exact) mass is 328 g/mol. The fourth-order valence-corrected chi connectivity index (χ4v) is 2.66. The zero-order valence-electron chi connectivity index (χ0n) is 13.6. The van der Waals surface area contributed by atoms with E-state index < -0.39 is 6.10 Å². The topological polar surface area (TPSA) is 46.4 Å². The van der Waals surface area contributed by atoms with E-state index in [0.29, 0.717) is 12.1 Å². The Kier molecular flexibility index (Phi) is 5.13. The molecule has 24 heavy (non-hydrogen) atoms. The zero-order chi connectivity index (χ0) is 16.9. The maximum absolute atomic E-state index is 13.5. The van der Waals surface area contributed by atoms with Gasteiger partial charge in [0.15, 0.2) is 0 Å². The SMILES string of the molecule is Cn1ccc2c(NCC(O)COCc3ccccc3F)cccc21. The van der Waals surface area contributed by atoms with Gasteiger partial charge in [-0.3, -0.25) is 0 Å². The van der Waals surface area contributed by atoms with Crippen LogP contribution in [0.15, 0.2) is 54.7 Å². The van der Waals surface area contributed by atoms with Crippen molar-refractivity contribution in [3.8, 4) is 0 Å². The summed E-state index contributed by atoms with van der Waals surface area (Å²) in [5.74, 6) is -0.291. The molecule has 1 heterocycles. The van der Waals surface area contributed by atoms with Gasteiger partial charge >= 0.3 is 0 Å². The number of nitrogens with zero attached hydrogens (tertiary/aromatic N) is 1. The first-order valence-corrected chi connectivity index (χ1v) is 7.92. The lowest BCUT2D eigenvalue weighted by molar-refractivity contribution is 0.0338. The Bertz CT molecular complexity index is 816. The molecule has 2 aromatic carbocycles. The van der Waals surface area contributed by atoms with Gasteiger partial charge in [-0.15, -0.1) is 0 Å². The van der Waals surface area contributed by atoms with Crippen molar-refractivity contribution in [2.24, 2.45) is 7.05 Å². The lowest BCUT2D eigenvalue weighted by atomic mass is 10.2. The molecular formula is C19H21FN2O2. The number of hydrogen-bond acceptors (Lipinski definition) is 3. The molecule has 2 N–H and O–H groups in total. The van der Waals surface area contributed by atoms with E-state index in [0.717, 1.165) is 16.6 Å². The van der Waals surface area contributed by atoms with Crippen molar-refractivity contribution < 1.29 is 14.2 Å². The Morgan fingerprint density at radius 1 is 1.17 bits per heavy atom. The first-order valence-electron chi connectivity index (χ1n) is 7.92. The van der Waals surface area contributed by atoms with Crippen LogP contribution in [0, 0.1) is 5.82 Å². The minimum absolute atomic E-state index is 0.145. The van der Waals surface area contributed by atoms with Gasteiger partial charge in [0.1, 0.15) is 5.82 Å². The van der Waals surface area contributed by atoms with Crippen LogP contribution in [0.1, 0.15) is 5.56 Å². The third kappa shape index (κ3) is 3.75. The lowest BCUT2D eigenvalue weighted by Crippen LogP contribution is -2.24. The highest BCUT2D eigenvalue weighted by molar-refractivity contribution is 5.92. The Labute approximate surface area is 140 Å². The van der Waals surface area contributed by atoms with E-state index in [2.05, 4.69) is 16.0 Å². The average molecular weight is 328 g/mol. The molecule has 0 fully saturated rings. The summed E-state index contributed by atoms with van der Waals surface area (Å²) in [6, 6.07) is 14.5. The quantitative estimate of drug-likeness (QED) is 0.699. The molecular weight excluding hydrogens is 307 g/mol. The number of halogens is 1. The van der Waals surface area contributed by atoms with Gasteiger partial charge in [-0.25, -0.2) is 4.39 Å². The fraction of sp³-hybridized carbons (Fsp3) is 0.263. The summed E-state index contributed by atoms with van der Waals surface area (Å²) < 4.78 is 20.9. The Morgan fingerprint density at radius 3 is 2.83 bits per heavy atom. The van der Waals surface area contributed by atoms with Crippen LogP contribution >= 0.6 is 0 Å². The van der Waals surface area contributed by atoms with Crippen molar-refractivity contribution >= 4 is 16.6 Å². The van der Waals surface area contributed by atoms with E-state index in [4.69, 9.17) is 4.74 Å². The van der Waals surface area contributed by atoms with Crippen molar-refractivity contribution in [3.05, 3.63) is 66.1 Å². The molecule has 5 heteroatoms. The molecule has 0 aliphatic carbocycles. The first kappa shape index (κ1) is 16.5. The van der Waals surface area contributed by atoms with Gasteiger partial charge in [0.05, 0.1) is 19.3 Å². The summed E-state index contributed by atoms with van der Waals surface area (Å²) in [6.07, 6.45) is 1.33. The van der Waals surface area contributed by atoms with E-state index in [1.54, 1.807) is 18.2 Å². The third-order valence-electron chi connectivity index (χ3n) is 3.98. The second-order valence-electron chi connectivity index (χ2n) is 5.81. The van der Waals surface area contributed by atoms with E-state index in [9.17, 15) is 9.50 Å². The predicted molar refractivity (Wildman–Crippen MR) is 93.5 cm³/mol. The zero-order valence-corrected chi connectivity index (χ0v) is 13.6. The van der Waals surface area contributed by atoms with E-state index in [1.165, 1.54) is 6.07 Å². The van der Waals surface area contributed by atoms with Crippen LogP contribution in [0.2, 0.25) is 0 Å². The van der Waals surface area contributed by atoms with Gasteiger partial charge in [-0.2, -0.15) is 0 Å². The average Bonchev–Trinajstić information content (AvgIpc) is 2.97. The van der Waals surface area contributed by atoms with Crippen LogP contribution in [-0.2, 0) is 18.4 Å². The van der Waals surface area contributed by atoms with E-state index in [1.807, 2.05) is 31.4 Å². The van der Waals surface area contributed by atoms with Crippen LogP contribution < -0.4 is 5.32 Å². The molecule has 0 amide bonds. The standard InChI is InChI=1S/C19H21FN2O2/c1-22-10-9-16-18(7-4-8-19(16)22)21-11-15(23)13-24-12-14-5-2-3-6-17(14)20/h2-10,15,21,23H,11-13H2,1H3. The van der Waals surface area contributed by atoms with Crippen molar-refractivity contribution in [2.75, 3.05) is 18.5 Å². The van der Waals surface area contributed by atoms with Crippen LogP contribution in [-0.4, -0.2) is 28.9 Å². The molecule has 0 radical (unpaired) electrons. The van der Waals surface area contributed by atoms with Gasteiger partial charge < -0.3 is 19.7 Å². The maximum Gasteiger partial charge on any atom is 0.128 e. The van der Waals surface area contributed by atoms with Crippen LogP contribution in [0.5, 0.6) is 0 Å². The third-order valence-corrected chi connectivity index (χ3v) is 3.98. The molecule has 0 spiro atoms.